The molecule has 1 heterocycles. The van der Waals surface area contributed by atoms with Crippen LogP contribution < -0.4 is 5.32 Å². The van der Waals surface area contributed by atoms with Gasteiger partial charge in [-0.25, -0.2) is 13.8 Å². The summed E-state index contributed by atoms with van der Waals surface area (Å²) in [5.41, 5.74) is 0.215. The molecule has 1 aromatic heterocycles. The van der Waals surface area contributed by atoms with Crippen molar-refractivity contribution in [2.24, 2.45) is 0 Å². The van der Waals surface area contributed by atoms with Gasteiger partial charge in [0.2, 0.25) is 0 Å². The first kappa shape index (κ1) is 11.7. The van der Waals surface area contributed by atoms with Crippen molar-refractivity contribution in [1.29, 1.82) is 0 Å². The van der Waals surface area contributed by atoms with Gasteiger partial charge in [-0.2, -0.15) is 0 Å². The van der Waals surface area contributed by atoms with E-state index < -0.39 is 11.6 Å². The second-order valence-corrected chi connectivity index (χ2v) is 4.16. The van der Waals surface area contributed by atoms with E-state index in [1.54, 1.807) is 11.5 Å². The van der Waals surface area contributed by atoms with E-state index in [0.29, 0.717) is 17.4 Å². The highest BCUT2D eigenvalue weighted by Crippen LogP contribution is 2.28. The number of halogens is 2. The first-order valence-corrected chi connectivity index (χ1v) is 5.85. The molecule has 0 aliphatic rings. The van der Waals surface area contributed by atoms with Gasteiger partial charge in [0, 0.05) is 11.9 Å². The maximum absolute atomic E-state index is 13.5. The van der Waals surface area contributed by atoms with Gasteiger partial charge in [-0.05, 0) is 12.1 Å². The number of nitrogens with one attached hydrogen (secondary N) is 1. The van der Waals surface area contributed by atoms with Crippen molar-refractivity contribution < 1.29 is 8.78 Å². The molecule has 1 aromatic carbocycles. The molecular weight excluding hydrogens is 242 g/mol. The zero-order chi connectivity index (χ0) is 12.3. The van der Waals surface area contributed by atoms with E-state index >= 15 is 0 Å². The van der Waals surface area contributed by atoms with Crippen LogP contribution in [0.2, 0.25) is 0 Å². The molecule has 0 saturated carbocycles. The summed E-state index contributed by atoms with van der Waals surface area (Å²) in [5, 5.41) is 5.20. The Labute approximate surface area is 102 Å². The van der Waals surface area contributed by atoms with Crippen molar-refractivity contribution in [1.82, 2.24) is 4.98 Å². The fraction of sp³-hybridized carbons (Fsp3) is 0.0833. The van der Waals surface area contributed by atoms with Crippen LogP contribution in [0.1, 0.15) is 0 Å². The standard InChI is InChI=1S/C12H10F2N2S/c1-2-6-15-12-16-10(7-17-12)11-8(13)4-3-5-9(11)14/h2-5,7H,1,6H2,(H,15,16). The predicted octanol–water partition coefficient (Wildman–Crippen LogP) is 3.69. The zero-order valence-electron chi connectivity index (χ0n) is 8.91. The molecule has 88 valence electrons. The molecule has 2 rings (SSSR count). The molecule has 2 nitrogen and oxygen atoms in total. The Hall–Kier alpha value is -1.75. The number of rotatable bonds is 4. The van der Waals surface area contributed by atoms with Crippen LogP contribution in [0.5, 0.6) is 0 Å². The Morgan fingerprint density at radius 1 is 1.35 bits per heavy atom. The number of hydrogen-bond acceptors (Lipinski definition) is 3. The lowest BCUT2D eigenvalue weighted by molar-refractivity contribution is 0.589. The lowest BCUT2D eigenvalue weighted by Gasteiger charge is -2.00. The Morgan fingerprint density at radius 3 is 2.71 bits per heavy atom. The lowest BCUT2D eigenvalue weighted by atomic mass is 10.1. The van der Waals surface area contributed by atoms with E-state index in [1.807, 2.05) is 0 Å². The van der Waals surface area contributed by atoms with Crippen LogP contribution in [-0.2, 0) is 0 Å². The molecular formula is C12H10F2N2S. The van der Waals surface area contributed by atoms with Gasteiger partial charge in [-0.15, -0.1) is 17.9 Å². The van der Waals surface area contributed by atoms with Crippen molar-refractivity contribution in [2.45, 2.75) is 0 Å². The van der Waals surface area contributed by atoms with Crippen LogP contribution in [0.3, 0.4) is 0 Å². The van der Waals surface area contributed by atoms with E-state index in [0.717, 1.165) is 0 Å². The number of thiazole rings is 1. The van der Waals surface area contributed by atoms with Crippen LogP contribution in [0.4, 0.5) is 13.9 Å². The van der Waals surface area contributed by atoms with E-state index in [-0.39, 0.29) is 5.56 Å². The van der Waals surface area contributed by atoms with Gasteiger partial charge in [0.1, 0.15) is 11.6 Å². The third kappa shape index (κ3) is 2.50. The van der Waals surface area contributed by atoms with Crippen LogP contribution >= 0.6 is 11.3 Å². The molecule has 0 fully saturated rings. The molecule has 0 radical (unpaired) electrons. The minimum atomic E-state index is -0.606. The summed E-state index contributed by atoms with van der Waals surface area (Å²) in [6.45, 7) is 4.13. The Bertz CT molecular complexity index is 517. The number of aromatic nitrogens is 1. The monoisotopic (exact) mass is 252 g/mol. The summed E-state index contributed by atoms with van der Waals surface area (Å²) in [5.74, 6) is -1.21. The predicted molar refractivity (Wildman–Crippen MR) is 66.2 cm³/mol. The van der Waals surface area contributed by atoms with Crippen LogP contribution in [0, 0.1) is 11.6 Å². The maximum atomic E-state index is 13.5. The molecule has 0 aliphatic heterocycles. The Morgan fingerprint density at radius 2 is 2.06 bits per heavy atom. The van der Waals surface area contributed by atoms with Crippen molar-refractivity contribution in [3.63, 3.8) is 0 Å². The van der Waals surface area contributed by atoms with Gasteiger partial charge in [0.15, 0.2) is 5.13 Å². The lowest BCUT2D eigenvalue weighted by Crippen LogP contribution is -1.97. The minimum Gasteiger partial charge on any atom is -0.358 e. The van der Waals surface area contributed by atoms with Crippen molar-refractivity contribution in [2.75, 3.05) is 11.9 Å². The molecule has 0 atom stereocenters. The fourth-order valence-electron chi connectivity index (χ4n) is 1.37. The third-order valence-electron chi connectivity index (χ3n) is 2.12. The summed E-state index contributed by atoms with van der Waals surface area (Å²) in [4.78, 5) is 4.12. The SMILES string of the molecule is C=CCNc1nc(-c2c(F)cccc2F)cs1. The van der Waals surface area contributed by atoms with Crippen LogP contribution in [0.25, 0.3) is 11.3 Å². The van der Waals surface area contributed by atoms with E-state index in [1.165, 1.54) is 29.5 Å². The molecule has 5 heteroatoms. The van der Waals surface area contributed by atoms with Gasteiger partial charge in [-0.1, -0.05) is 12.1 Å². The summed E-state index contributed by atoms with van der Waals surface area (Å²) < 4.78 is 27.0. The minimum absolute atomic E-state index is 0.0876. The van der Waals surface area contributed by atoms with E-state index in [4.69, 9.17) is 0 Å². The van der Waals surface area contributed by atoms with Gasteiger partial charge < -0.3 is 5.32 Å². The molecule has 2 aromatic rings. The summed E-state index contributed by atoms with van der Waals surface area (Å²) in [6.07, 6.45) is 1.69. The first-order chi connectivity index (χ1) is 8.22. The van der Waals surface area contributed by atoms with Gasteiger partial charge in [-0.3, -0.25) is 0 Å². The Kier molecular flexibility index (Phi) is 3.49. The van der Waals surface area contributed by atoms with Gasteiger partial charge in [0.25, 0.3) is 0 Å². The second-order valence-electron chi connectivity index (χ2n) is 3.30. The van der Waals surface area contributed by atoms with E-state index in [9.17, 15) is 8.78 Å². The van der Waals surface area contributed by atoms with Crippen molar-refractivity contribution >= 4 is 16.5 Å². The molecule has 0 unspecified atom stereocenters. The van der Waals surface area contributed by atoms with Crippen molar-refractivity contribution in [3.05, 3.63) is 47.9 Å². The Balaban J connectivity index is 2.33. The highest BCUT2D eigenvalue weighted by atomic mass is 32.1. The second kappa shape index (κ2) is 5.05. The highest BCUT2D eigenvalue weighted by molar-refractivity contribution is 7.14. The number of hydrogen-bond donors (Lipinski definition) is 1. The van der Waals surface area contributed by atoms with Crippen molar-refractivity contribution in [3.8, 4) is 11.3 Å². The van der Waals surface area contributed by atoms with Gasteiger partial charge >= 0.3 is 0 Å². The summed E-state index contributed by atoms with van der Waals surface area (Å²) in [7, 11) is 0. The fourth-order valence-corrected chi connectivity index (χ4v) is 2.08. The summed E-state index contributed by atoms with van der Waals surface area (Å²) in [6, 6.07) is 3.76. The molecule has 0 bridgehead atoms. The number of anilines is 1. The highest BCUT2D eigenvalue weighted by Gasteiger charge is 2.13. The molecule has 0 saturated heterocycles. The number of benzene rings is 1. The maximum Gasteiger partial charge on any atom is 0.183 e. The van der Waals surface area contributed by atoms with E-state index in [2.05, 4.69) is 16.9 Å². The van der Waals surface area contributed by atoms with Crippen LogP contribution in [0.15, 0.2) is 36.2 Å². The van der Waals surface area contributed by atoms with Gasteiger partial charge in [0.05, 0.1) is 11.3 Å². The molecule has 0 aliphatic carbocycles. The largest absolute Gasteiger partial charge is 0.358 e. The first-order valence-electron chi connectivity index (χ1n) is 4.97. The average Bonchev–Trinajstić information content (AvgIpc) is 2.75. The molecule has 0 spiro atoms. The summed E-state index contributed by atoms with van der Waals surface area (Å²) >= 11 is 1.30. The molecule has 1 N–H and O–H groups in total. The smallest absolute Gasteiger partial charge is 0.183 e. The average molecular weight is 252 g/mol. The topological polar surface area (TPSA) is 24.9 Å². The third-order valence-corrected chi connectivity index (χ3v) is 2.92. The number of nitrogens with zero attached hydrogens (tertiary/aromatic N) is 1. The molecule has 0 amide bonds. The molecule has 17 heavy (non-hydrogen) atoms. The normalized spacial score (nSPS) is 10.2. The van der Waals surface area contributed by atoms with Crippen LogP contribution in [-0.4, -0.2) is 11.5 Å². The zero-order valence-corrected chi connectivity index (χ0v) is 9.73. The quantitative estimate of drug-likeness (QED) is 0.839.